The van der Waals surface area contributed by atoms with Crippen LogP contribution in [-0.4, -0.2) is 15.9 Å². The molecule has 0 saturated heterocycles. The minimum Gasteiger partial charge on any atom is -0.287 e. The smallest absolute Gasteiger partial charge is 0.249 e. The van der Waals surface area contributed by atoms with Crippen LogP contribution in [0.2, 0.25) is 0 Å². The number of halogens is 1. The summed E-state index contributed by atoms with van der Waals surface area (Å²) in [6, 6.07) is 12.4. The van der Waals surface area contributed by atoms with Crippen molar-refractivity contribution < 1.29 is 4.79 Å². The minimum absolute atomic E-state index is 0.296. The van der Waals surface area contributed by atoms with Crippen LogP contribution in [0.5, 0.6) is 0 Å². The standard InChI is InChI=1S/C15H8BrN5O/c16-9-4-5-12-10(7-9)11(15(22)20-21-17)8-14(19-12)13-3-1-2-6-18-13/h1-8H. The van der Waals surface area contributed by atoms with Gasteiger partial charge in [-0.3, -0.25) is 9.78 Å². The number of rotatable bonds is 2. The molecule has 0 radical (unpaired) electrons. The summed E-state index contributed by atoms with van der Waals surface area (Å²) in [4.78, 5) is 23.4. The van der Waals surface area contributed by atoms with Gasteiger partial charge in [-0.15, -0.1) is 0 Å². The predicted molar refractivity (Wildman–Crippen MR) is 86.2 cm³/mol. The van der Waals surface area contributed by atoms with Crippen LogP contribution in [0.1, 0.15) is 10.4 Å². The number of hydrogen-bond acceptors (Lipinski definition) is 3. The van der Waals surface area contributed by atoms with E-state index in [1.807, 2.05) is 12.1 Å². The lowest BCUT2D eigenvalue weighted by atomic mass is 10.1. The number of pyridine rings is 2. The Morgan fingerprint density at radius 3 is 2.77 bits per heavy atom. The molecule has 22 heavy (non-hydrogen) atoms. The van der Waals surface area contributed by atoms with Gasteiger partial charge in [0.2, 0.25) is 5.91 Å². The molecule has 2 aromatic heterocycles. The fraction of sp³-hybridized carbons (Fsp3) is 0. The number of amides is 1. The molecule has 0 spiro atoms. The summed E-state index contributed by atoms with van der Waals surface area (Å²) in [5.74, 6) is -0.648. The van der Waals surface area contributed by atoms with Gasteiger partial charge in [0.05, 0.1) is 16.9 Å². The third kappa shape index (κ3) is 2.67. The Morgan fingerprint density at radius 2 is 2.05 bits per heavy atom. The Balaban J connectivity index is 2.31. The van der Waals surface area contributed by atoms with E-state index in [-0.39, 0.29) is 0 Å². The number of nitrogens with zero attached hydrogens (tertiary/aromatic N) is 5. The number of benzene rings is 1. The summed E-state index contributed by atoms with van der Waals surface area (Å²) in [5, 5.41) is 3.80. The summed E-state index contributed by atoms with van der Waals surface area (Å²) in [6.07, 6.45) is 1.65. The van der Waals surface area contributed by atoms with E-state index in [0.717, 1.165) is 4.47 Å². The minimum atomic E-state index is -0.648. The average Bonchev–Trinajstić information content (AvgIpc) is 2.55. The molecule has 0 N–H and O–H groups in total. The summed E-state index contributed by atoms with van der Waals surface area (Å²) < 4.78 is 0.808. The van der Waals surface area contributed by atoms with E-state index in [1.54, 1.807) is 36.5 Å². The molecule has 106 valence electrons. The van der Waals surface area contributed by atoms with Crippen LogP contribution in [-0.2, 0) is 0 Å². The number of fused-ring (bicyclic) bond motifs is 1. The first-order valence-corrected chi connectivity index (χ1v) is 7.09. The van der Waals surface area contributed by atoms with Crippen molar-refractivity contribution in [2.45, 2.75) is 0 Å². The van der Waals surface area contributed by atoms with E-state index in [2.05, 4.69) is 35.9 Å². The lowest BCUT2D eigenvalue weighted by Crippen LogP contribution is -1.99. The van der Waals surface area contributed by atoms with E-state index < -0.39 is 5.91 Å². The maximum atomic E-state index is 12.1. The first kappa shape index (κ1) is 14.2. The largest absolute Gasteiger partial charge is 0.287 e. The second-order valence-corrected chi connectivity index (χ2v) is 5.34. The molecule has 0 atom stereocenters. The quantitative estimate of drug-likeness (QED) is 0.385. The van der Waals surface area contributed by atoms with Crippen LogP contribution >= 0.6 is 15.9 Å². The maximum Gasteiger partial charge on any atom is 0.249 e. The molecule has 3 rings (SSSR count). The van der Waals surface area contributed by atoms with Crippen molar-refractivity contribution in [3.8, 4) is 11.4 Å². The van der Waals surface area contributed by atoms with Crippen LogP contribution in [0, 0.1) is 0 Å². The van der Waals surface area contributed by atoms with Gasteiger partial charge in [0.15, 0.2) is 0 Å². The molecule has 1 amide bonds. The van der Waals surface area contributed by atoms with Crippen LogP contribution in [0.15, 0.2) is 58.2 Å². The van der Waals surface area contributed by atoms with Gasteiger partial charge in [0.25, 0.3) is 0 Å². The van der Waals surface area contributed by atoms with Crippen molar-refractivity contribution in [2.75, 3.05) is 0 Å². The molecule has 7 heteroatoms. The second kappa shape index (κ2) is 5.93. The molecule has 3 aromatic rings. The van der Waals surface area contributed by atoms with E-state index in [0.29, 0.717) is 27.9 Å². The number of carbonyl (C=O) groups excluding carboxylic acids is 1. The van der Waals surface area contributed by atoms with E-state index >= 15 is 0 Å². The highest BCUT2D eigenvalue weighted by Crippen LogP contribution is 2.26. The molecular formula is C15H8BrN5O. The summed E-state index contributed by atoms with van der Waals surface area (Å²) >= 11 is 3.36. The lowest BCUT2D eigenvalue weighted by Gasteiger charge is -2.07. The summed E-state index contributed by atoms with van der Waals surface area (Å²) in [6.45, 7) is 0. The van der Waals surface area contributed by atoms with Gasteiger partial charge in [-0.1, -0.05) is 22.0 Å². The highest BCUT2D eigenvalue weighted by molar-refractivity contribution is 9.10. The monoisotopic (exact) mass is 353 g/mol. The second-order valence-electron chi connectivity index (χ2n) is 4.43. The molecule has 0 unspecified atom stereocenters. The predicted octanol–water partition coefficient (Wildman–Crippen LogP) is 4.51. The van der Waals surface area contributed by atoms with E-state index in [4.69, 9.17) is 5.53 Å². The Hall–Kier alpha value is -2.76. The molecule has 1 aromatic carbocycles. The highest BCUT2D eigenvalue weighted by atomic mass is 79.9. The third-order valence-electron chi connectivity index (χ3n) is 3.06. The van der Waals surface area contributed by atoms with E-state index in [1.165, 1.54) is 0 Å². The fourth-order valence-electron chi connectivity index (χ4n) is 2.11. The lowest BCUT2D eigenvalue weighted by molar-refractivity contribution is 0.100. The topological polar surface area (TPSA) is 91.6 Å². The summed E-state index contributed by atoms with van der Waals surface area (Å²) in [5.41, 5.74) is 10.6. The molecule has 0 saturated carbocycles. The van der Waals surface area contributed by atoms with Crippen LogP contribution in [0.25, 0.3) is 32.7 Å². The molecule has 0 aliphatic carbocycles. The van der Waals surface area contributed by atoms with Crippen LogP contribution in [0.3, 0.4) is 0 Å². The number of aromatic nitrogens is 2. The molecule has 6 nitrogen and oxygen atoms in total. The van der Waals surface area contributed by atoms with Crippen molar-refractivity contribution in [3.05, 3.63) is 69.1 Å². The molecule has 0 aliphatic heterocycles. The van der Waals surface area contributed by atoms with Crippen molar-refractivity contribution in [1.29, 1.82) is 0 Å². The Bertz CT molecular complexity index is 920. The molecule has 0 fully saturated rings. The number of carbonyl (C=O) groups is 1. The maximum absolute atomic E-state index is 12.1. The van der Waals surface area contributed by atoms with Crippen LogP contribution in [0.4, 0.5) is 0 Å². The van der Waals surface area contributed by atoms with Crippen molar-refractivity contribution >= 4 is 32.7 Å². The fourth-order valence-corrected chi connectivity index (χ4v) is 2.48. The zero-order valence-electron chi connectivity index (χ0n) is 11.1. The van der Waals surface area contributed by atoms with Gasteiger partial charge in [0.1, 0.15) is 0 Å². The van der Waals surface area contributed by atoms with Crippen molar-refractivity contribution in [1.82, 2.24) is 9.97 Å². The van der Waals surface area contributed by atoms with E-state index in [9.17, 15) is 4.79 Å². The Morgan fingerprint density at radius 1 is 1.18 bits per heavy atom. The molecule has 0 bridgehead atoms. The molecule has 0 aliphatic rings. The van der Waals surface area contributed by atoms with Gasteiger partial charge in [-0.25, -0.2) is 4.98 Å². The number of azide groups is 1. The zero-order valence-corrected chi connectivity index (χ0v) is 12.7. The summed E-state index contributed by atoms with van der Waals surface area (Å²) in [7, 11) is 0. The highest BCUT2D eigenvalue weighted by Gasteiger charge is 2.13. The SMILES string of the molecule is [N-]=[N+]=NC(=O)c1cc(-c2ccccn2)nc2ccc(Br)cc12. The first-order valence-electron chi connectivity index (χ1n) is 6.30. The van der Waals surface area contributed by atoms with Crippen LogP contribution < -0.4 is 0 Å². The zero-order chi connectivity index (χ0) is 15.5. The van der Waals surface area contributed by atoms with Gasteiger partial charge in [-0.05, 0) is 47.0 Å². The van der Waals surface area contributed by atoms with Gasteiger partial charge in [-0.2, -0.15) is 0 Å². The molecule has 2 heterocycles. The third-order valence-corrected chi connectivity index (χ3v) is 3.56. The first-order chi connectivity index (χ1) is 10.7. The average molecular weight is 354 g/mol. The van der Waals surface area contributed by atoms with Gasteiger partial charge >= 0.3 is 0 Å². The van der Waals surface area contributed by atoms with Crippen molar-refractivity contribution in [2.24, 2.45) is 5.11 Å². The van der Waals surface area contributed by atoms with Crippen molar-refractivity contribution in [3.63, 3.8) is 0 Å². The normalized spacial score (nSPS) is 10.2. The number of hydrogen-bond donors (Lipinski definition) is 0. The Kier molecular flexibility index (Phi) is 3.82. The Labute approximate surface area is 133 Å². The van der Waals surface area contributed by atoms with Gasteiger partial charge < -0.3 is 0 Å². The van der Waals surface area contributed by atoms with Gasteiger partial charge in [0, 0.05) is 26.5 Å². The molecular weight excluding hydrogens is 346 g/mol.